The Bertz CT molecular complexity index is 1070. The number of benzene rings is 2. The SMILES string of the molecule is COc1ccc(C)cc1CCNC(=O)N1CCN(S(=O)(=O)c2ccc(C#N)cc2)CC1. The molecule has 1 aliphatic rings. The van der Waals surface area contributed by atoms with Crippen molar-refractivity contribution >= 4 is 16.1 Å². The number of methoxy groups -OCH3 is 1. The lowest BCUT2D eigenvalue weighted by Gasteiger charge is -2.34. The highest BCUT2D eigenvalue weighted by Crippen LogP contribution is 2.20. The molecule has 0 radical (unpaired) electrons. The molecule has 1 saturated heterocycles. The molecule has 1 aliphatic heterocycles. The summed E-state index contributed by atoms with van der Waals surface area (Å²) in [6, 6.07) is 13.5. The predicted molar refractivity (Wildman–Crippen MR) is 116 cm³/mol. The molecule has 2 aromatic rings. The maximum absolute atomic E-state index is 12.8. The van der Waals surface area contributed by atoms with E-state index >= 15 is 0 Å². The van der Waals surface area contributed by atoms with Gasteiger partial charge in [-0.25, -0.2) is 13.2 Å². The van der Waals surface area contributed by atoms with Gasteiger partial charge in [0, 0.05) is 32.7 Å². The topological polar surface area (TPSA) is 103 Å². The summed E-state index contributed by atoms with van der Waals surface area (Å²) < 4.78 is 32.3. The van der Waals surface area contributed by atoms with Gasteiger partial charge in [0.25, 0.3) is 0 Å². The van der Waals surface area contributed by atoms with Crippen molar-refractivity contribution < 1.29 is 17.9 Å². The smallest absolute Gasteiger partial charge is 0.317 e. The number of aryl methyl sites for hydroxylation is 1. The maximum Gasteiger partial charge on any atom is 0.317 e. The number of urea groups is 1. The van der Waals surface area contributed by atoms with Crippen LogP contribution in [-0.2, 0) is 16.4 Å². The molecule has 2 amide bonds. The molecule has 3 rings (SSSR count). The van der Waals surface area contributed by atoms with E-state index in [1.165, 1.54) is 28.6 Å². The van der Waals surface area contributed by atoms with Gasteiger partial charge in [-0.15, -0.1) is 0 Å². The van der Waals surface area contributed by atoms with Crippen LogP contribution in [0.4, 0.5) is 4.79 Å². The Labute approximate surface area is 183 Å². The molecule has 1 fully saturated rings. The summed E-state index contributed by atoms with van der Waals surface area (Å²) in [7, 11) is -2.03. The van der Waals surface area contributed by atoms with Crippen molar-refractivity contribution in [3.63, 3.8) is 0 Å². The second-order valence-corrected chi connectivity index (χ2v) is 9.26. The Kier molecular flexibility index (Phi) is 7.15. The Hall–Kier alpha value is -3.09. The first kappa shape index (κ1) is 22.6. The summed E-state index contributed by atoms with van der Waals surface area (Å²) in [5.41, 5.74) is 2.56. The number of sulfonamides is 1. The molecule has 0 bridgehead atoms. The number of piperazine rings is 1. The number of nitriles is 1. The van der Waals surface area contributed by atoms with Gasteiger partial charge in [-0.3, -0.25) is 0 Å². The second kappa shape index (κ2) is 9.81. The van der Waals surface area contributed by atoms with Crippen molar-refractivity contribution in [2.24, 2.45) is 0 Å². The Morgan fingerprint density at radius 2 is 1.81 bits per heavy atom. The third-order valence-corrected chi connectivity index (χ3v) is 7.17. The first-order valence-electron chi connectivity index (χ1n) is 10.0. The highest BCUT2D eigenvalue weighted by Gasteiger charge is 2.30. The molecule has 2 aromatic carbocycles. The van der Waals surface area contributed by atoms with E-state index in [1.807, 2.05) is 31.2 Å². The monoisotopic (exact) mass is 442 g/mol. The van der Waals surface area contributed by atoms with E-state index in [1.54, 1.807) is 12.0 Å². The molecule has 1 N–H and O–H groups in total. The van der Waals surface area contributed by atoms with Crippen LogP contribution in [0.25, 0.3) is 0 Å². The number of rotatable bonds is 6. The fourth-order valence-electron chi connectivity index (χ4n) is 3.50. The minimum absolute atomic E-state index is 0.150. The zero-order valence-corrected chi connectivity index (χ0v) is 18.5. The van der Waals surface area contributed by atoms with Crippen molar-refractivity contribution in [1.82, 2.24) is 14.5 Å². The predicted octanol–water partition coefficient (Wildman–Crippen LogP) is 2.13. The van der Waals surface area contributed by atoms with Crippen LogP contribution in [0, 0.1) is 18.3 Å². The zero-order valence-electron chi connectivity index (χ0n) is 17.7. The van der Waals surface area contributed by atoms with Gasteiger partial charge >= 0.3 is 6.03 Å². The van der Waals surface area contributed by atoms with Crippen molar-refractivity contribution in [3.05, 3.63) is 59.2 Å². The normalized spacial score (nSPS) is 14.7. The summed E-state index contributed by atoms with van der Waals surface area (Å²) >= 11 is 0. The van der Waals surface area contributed by atoms with E-state index in [0.29, 0.717) is 31.6 Å². The summed E-state index contributed by atoms with van der Waals surface area (Å²) in [5.74, 6) is 0.793. The van der Waals surface area contributed by atoms with Crippen LogP contribution in [-0.4, -0.2) is 63.5 Å². The highest BCUT2D eigenvalue weighted by molar-refractivity contribution is 7.89. The van der Waals surface area contributed by atoms with Gasteiger partial charge in [0.15, 0.2) is 0 Å². The second-order valence-electron chi connectivity index (χ2n) is 7.32. The summed E-state index contributed by atoms with van der Waals surface area (Å²) in [4.78, 5) is 14.3. The summed E-state index contributed by atoms with van der Waals surface area (Å²) in [6.07, 6.45) is 0.642. The van der Waals surface area contributed by atoms with E-state index < -0.39 is 10.0 Å². The van der Waals surface area contributed by atoms with Gasteiger partial charge < -0.3 is 15.0 Å². The van der Waals surface area contributed by atoms with Crippen molar-refractivity contribution in [1.29, 1.82) is 5.26 Å². The third kappa shape index (κ3) is 5.34. The summed E-state index contributed by atoms with van der Waals surface area (Å²) in [6.45, 7) is 3.54. The number of carbonyl (C=O) groups excluding carboxylic acids is 1. The van der Waals surface area contributed by atoms with Crippen molar-refractivity contribution in [2.45, 2.75) is 18.2 Å². The van der Waals surface area contributed by atoms with Crippen LogP contribution in [0.2, 0.25) is 0 Å². The first-order chi connectivity index (χ1) is 14.8. The van der Waals surface area contributed by atoms with E-state index in [0.717, 1.165) is 16.9 Å². The molecule has 1 heterocycles. The largest absolute Gasteiger partial charge is 0.496 e. The number of nitrogens with zero attached hydrogens (tertiary/aromatic N) is 3. The van der Waals surface area contributed by atoms with Gasteiger partial charge in [-0.1, -0.05) is 17.7 Å². The van der Waals surface area contributed by atoms with E-state index in [-0.39, 0.29) is 24.0 Å². The molecular weight excluding hydrogens is 416 g/mol. The van der Waals surface area contributed by atoms with E-state index in [9.17, 15) is 13.2 Å². The number of hydrogen-bond acceptors (Lipinski definition) is 5. The molecule has 0 atom stereocenters. The van der Waals surface area contributed by atoms with Crippen LogP contribution in [0.1, 0.15) is 16.7 Å². The molecule has 0 aliphatic carbocycles. The number of ether oxygens (including phenoxy) is 1. The molecule has 8 nitrogen and oxygen atoms in total. The Balaban J connectivity index is 1.51. The Morgan fingerprint density at radius 1 is 1.13 bits per heavy atom. The Morgan fingerprint density at radius 3 is 2.42 bits per heavy atom. The van der Waals surface area contributed by atoms with Gasteiger partial charge in [-0.05, 0) is 49.2 Å². The van der Waals surface area contributed by atoms with Gasteiger partial charge in [-0.2, -0.15) is 9.57 Å². The third-order valence-electron chi connectivity index (χ3n) is 5.25. The van der Waals surface area contributed by atoms with Gasteiger partial charge in [0.05, 0.1) is 23.6 Å². The van der Waals surface area contributed by atoms with Crippen LogP contribution in [0.3, 0.4) is 0 Å². The first-order valence-corrected chi connectivity index (χ1v) is 11.5. The number of amides is 2. The van der Waals surface area contributed by atoms with E-state index in [4.69, 9.17) is 10.00 Å². The van der Waals surface area contributed by atoms with Gasteiger partial charge in [0.1, 0.15) is 5.75 Å². The van der Waals surface area contributed by atoms with Gasteiger partial charge in [0.2, 0.25) is 10.0 Å². The van der Waals surface area contributed by atoms with Crippen molar-refractivity contribution in [2.75, 3.05) is 39.8 Å². The van der Waals surface area contributed by atoms with Crippen LogP contribution in [0.15, 0.2) is 47.4 Å². The molecule has 0 saturated carbocycles. The molecule has 164 valence electrons. The minimum Gasteiger partial charge on any atom is -0.496 e. The van der Waals surface area contributed by atoms with E-state index in [2.05, 4.69) is 5.32 Å². The molecular formula is C22H26N4O4S. The molecule has 0 spiro atoms. The minimum atomic E-state index is -3.65. The number of carbonyl (C=O) groups is 1. The maximum atomic E-state index is 12.8. The fraction of sp³-hybridized carbons (Fsp3) is 0.364. The average molecular weight is 443 g/mol. The lowest BCUT2D eigenvalue weighted by atomic mass is 10.1. The molecule has 31 heavy (non-hydrogen) atoms. The van der Waals surface area contributed by atoms with Crippen LogP contribution in [0.5, 0.6) is 5.75 Å². The standard InChI is InChI=1S/C22H26N4O4S/c1-17-3-8-21(30-2)19(15-17)9-10-24-22(27)25-11-13-26(14-12-25)31(28,29)20-6-4-18(16-23)5-7-20/h3-8,15H,9-14H2,1-2H3,(H,24,27). The van der Waals surface area contributed by atoms with Crippen LogP contribution < -0.4 is 10.1 Å². The lowest BCUT2D eigenvalue weighted by Crippen LogP contribution is -2.53. The zero-order chi connectivity index (χ0) is 22.4. The number of nitrogens with one attached hydrogen (secondary N) is 1. The highest BCUT2D eigenvalue weighted by atomic mass is 32.2. The average Bonchev–Trinajstić information content (AvgIpc) is 2.79. The number of hydrogen-bond donors (Lipinski definition) is 1. The lowest BCUT2D eigenvalue weighted by molar-refractivity contribution is 0.172. The molecule has 0 aromatic heterocycles. The molecule has 0 unspecified atom stereocenters. The van der Waals surface area contributed by atoms with Crippen LogP contribution >= 0.6 is 0 Å². The summed E-state index contributed by atoms with van der Waals surface area (Å²) in [5, 5.41) is 11.8. The molecule has 9 heteroatoms. The quantitative estimate of drug-likeness (QED) is 0.738. The van der Waals surface area contributed by atoms with Crippen molar-refractivity contribution in [3.8, 4) is 11.8 Å². The fourth-order valence-corrected chi connectivity index (χ4v) is 4.92.